The minimum atomic E-state index is -2.11. The van der Waals surface area contributed by atoms with Crippen LogP contribution in [0.2, 0.25) is 37.8 Å². The number of ether oxygens (including phenoxy) is 1. The van der Waals surface area contributed by atoms with Crippen LogP contribution in [0.4, 0.5) is 0 Å². The molecule has 228 valence electrons. The molecule has 1 N–H and O–H groups in total. The lowest BCUT2D eigenvalue weighted by Crippen LogP contribution is -2.45. The Morgan fingerprint density at radius 1 is 1.08 bits per heavy atom. The lowest BCUT2D eigenvalue weighted by atomic mass is 9.85. The van der Waals surface area contributed by atoms with Crippen molar-refractivity contribution >= 4 is 28.4 Å². The molecule has 0 aliphatic heterocycles. The van der Waals surface area contributed by atoms with Gasteiger partial charge in [-0.1, -0.05) is 65.5 Å². The summed E-state index contributed by atoms with van der Waals surface area (Å²) in [5.41, 5.74) is -0.233. The second-order valence-electron chi connectivity index (χ2n) is 14.3. The van der Waals surface area contributed by atoms with E-state index < -0.39 is 28.7 Å². The monoisotopic (exact) mass is 584 g/mol. The maximum Gasteiger partial charge on any atom is 0.305 e. The number of rotatable bonds is 17. The molecule has 39 heavy (non-hydrogen) atoms. The summed E-state index contributed by atoms with van der Waals surface area (Å²) in [6.45, 7) is 22.2. The van der Waals surface area contributed by atoms with Crippen molar-refractivity contribution in [2.75, 3.05) is 7.11 Å². The van der Waals surface area contributed by atoms with Crippen molar-refractivity contribution in [3.05, 3.63) is 12.2 Å². The lowest BCUT2D eigenvalue weighted by molar-refractivity contribution is -0.140. The van der Waals surface area contributed by atoms with Crippen LogP contribution in [0.3, 0.4) is 0 Å². The normalized spacial score (nSPS) is 23.3. The zero-order chi connectivity index (χ0) is 30.1. The van der Waals surface area contributed by atoms with E-state index in [-0.39, 0.29) is 34.4 Å². The third-order valence-electron chi connectivity index (χ3n) is 8.41. The fourth-order valence-corrected chi connectivity index (χ4v) is 8.36. The van der Waals surface area contributed by atoms with E-state index in [0.717, 1.165) is 44.9 Å². The van der Waals surface area contributed by atoms with E-state index in [1.165, 1.54) is 7.11 Å². The first-order chi connectivity index (χ1) is 17.9. The Kier molecular flexibility index (Phi) is 14.3. The number of methoxy groups -OCH3 is 1. The van der Waals surface area contributed by atoms with Crippen molar-refractivity contribution in [2.45, 2.75) is 154 Å². The van der Waals surface area contributed by atoms with Crippen LogP contribution in [0.15, 0.2) is 12.2 Å². The standard InChI is InChI=1S/C31H60O6Si2/c1-12-13-21-31(5,37-38(7,8)9)22-17-18-24-27(36-39(10,11)30(2,3)4)23-26(33)29(24)25(32)19-15-14-16-20-28(34)35-6/h17-18,24-25,27,29,32H,12-16,19-23H2,1-11H3/b18-17+/t24-,25?,27?,29-,31?/m0/s1. The van der Waals surface area contributed by atoms with E-state index in [1.807, 2.05) is 0 Å². The van der Waals surface area contributed by atoms with E-state index in [2.05, 4.69) is 79.5 Å². The lowest BCUT2D eigenvalue weighted by Gasteiger charge is -2.40. The van der Waals surface area contributed by atoms with E-state index in [0.29, 0.717) is 19.3 Å². The van der Waals surface area contributed by atoms with E-state index >= 15 is 0 Å². The molecule has 1 aliphatic carbocycles. The van der Waals surface area contributed by atoms with Crippen LogP contribution in [0.1, 0.15) is 98.8 Å². The zero-order valence-corrected chi connectivity index (χ0v) is 29.0. The molecular formula is C31H60O6Si2. The summed E-state index contributed by atoms with van der Waals surface area (Å²) in [7, 11) is -2.45. The first-order valence-corrected chi connectivity index (χ1v) is 21.5. The van der Waals surface area contributed by atoms with Gasteiger partial charge in [0.05, 0.1) is 30.8 Å². The predicted molar refractivity (Wildman–Crippen MR) is 166 cm³/mol. The van der Waals surface area contributed by atoms with Gasteiger partial charge in [0.1, 0.15) is 5.78 Å². The molecule has 1 saturated carbocycles. The second kappa shape index (κ2) is 15.4. The Labute approximate surface area is 241 Å². The van der Waals surface area contributed by atoms with Gasteiger partial charge in [0, 0.05) is 18.8 Å². The van der Waals surface area contributed by atoms with Gasteiger partial charge >= 0.3 is 5.97 Å². The molecule has 1 aliphatic rings. The minimum absolute atomic E-state index is 0.0323. The number of ketones is 1. The molecule has 1 fully saturated rings. The van der Waals surface area contributed by atoms with Crippen molar-refractivity contribution in [3.8, 4) is 0 Å². The van der Waals surface area contributed by atoms with Crippen LogP contribution >= 0.6 is 0 Å². The average Bonchev–Trinajstić information content (AvgIpc) is 3.09. The third-order valence-corrected chi connectivity index (χ3v) is 14.0. The molecule has 0 aromatic rings. The fraction of sp³-hybridized carbons (Fsp3) is 0.871. The summed E-state index contributed by atoms with van der Waals surface area (Å²) in [6.07, 6.45) is 11.0. The molecule has 1 rings (SSSR count). The highest BCUT2D eigenvalue weighted by atomic mass is 28.4. The molecule has 0 spiro atoms. The average molecular weight is 585 g/mol. The van der Waals surface area contributed by atoms with Gasteiger partial charge in [0.2, 0.25) is 0 Å². The smallest absolute Gasteiger partial charge is 0.305 e. The topological polar surface area (TPSA) is 82.1 Å². The first kappa shape index (κ1) is 36.2. The van der Waals surface area contributed by atoms with Crippen LogP contribution in [-0.2, 0) is 23.2 Å². The highest BCUT2D eigenvalue weighted by Gasteiger charge is 2.49. The van der Waals surface area contributed by atoms with Crippen LogP contribution in [0.25, 0.3) is 0 Å². The number of aliphatic hydroxyl groups is 1. The summed E-state index contributed by atoms with van der Waals surface area (Å²) in [4.78, 5) is 24.7. The zero-order valence-electron chi connectivity index (χ0n) is 27.0. The Bertz CT molecular complexity index is 798. The number of aliphatic hydroxyl groups excluding tert-OH is 1. The van der Waals surface area contributed by atoms with E-state index in [9.17, 15) is 14.7 Å². The van der Waals surface area contributed by atoms with Crippen molar-refractivity contribution in [2.24, 2.45) is 11.8 Å². The molecule has 0 radical (unpaired) electrons. The molecule has 0 bridgehead atoms. The Balaban J connectivity index is 3.12. The van der Waals surface area contributed by atoms with Crippen molar-refractivity contribution in [3.63, 3.8) is 0 Å². The van der Waals surface area contributed by atoms with Crippen LogP contribution < -0.4 is 0 Å². The maximum absolute atomic E-state index is 13.3. The molecular weight excluding hydrogens is 525 g/mol. The van der Waals surface area contributed by atoms with E-state index in [1.54, 1.807) is 0 Å². The number of esters is 1. The molecule has 3 unspecified atom stereocenters. The molecule has 0 saturated heterocycles. The molecule has 0 aromatic heterocycles. The van der Waals surface area contributed by atoms with Crippen molar-refractivity contribution in [1.82, 2.24) is 0 Å². The van der Waals surface area contributed by atoms with Crippen LogP contribution in [0, 0.1) is 11.8 Å². The summed E-state index contributed by atoms with van der Waals surface area (Å²) in [5.74, 6) is -0.723. The second-order valence-corrected chi connectivity index (χ2v) is 23.5. The van der Waals surface area contributed by atoms with Gasteiger partial charge in [-0.2, -0.15) is 0 Å². The van der Waals surface area contributed by atoms with Gasteiger partial charge in [0.25, 0.3) is 0 Å². The summed E-state index contributed by atoms with van der Waals surface area (Å²) in [6, 6.07) is 0. The number of carbonyl (C=O) groups excluding carboxylic acids is 2. The molecule has 5 atom stereocenters. The van der Waals surface area contributed by atoms with Gasteiger partial charge < -0.3 is 18.7 Å². The number of hydrogen-bond donors (Lipinski definition) is 1. The predicted octanol–water partition coefficient (Wildman–Crippen LogP) is 7.81. The third kappa shape index (κ3) is 12.3. The van der Waals surface area contributed by atoms with Crippen LogP contribution in [-0.4, -0.2) is 58.4 Å². The highest BCUT2D eigenvalue weighted by Crippen LogP contribution is 2.43. The summed E-state index contributed by atoms with van der Waals surface area (Å²) in [5, 5.41) is 11.3. The summed E-state index contributed by atoms with van der Waals surface area (Å²) < 4.78 is 18.2. The molecule has 8 heteroatoms. The van der Waals surface area contributed by atoms with Gasteiger partial charge in [-0.05, 0) is 70.4 Å². The minimum Gasteiger partial charge on any atom is -0.469 e. The first-order valence-electron chi connectivity index (χ1n) is 15.2. The van der Waals surface area contributed by atoms with Crippen LogP contribution in [0.5, 0.6) is 0 Å². The van der Waals surface area contributed by atoms with Crippen molar-refractivity contribution < 1.29 is 28.3 Å². The molecule has 0 heterocycles. The Morgan fingerprint density at radius 2 is 1.72 bits per heavy atom. The number of unbranched alkanes of at least 4 members (excludes halogenated alkanes) is 3. The number of carbonyl (C=O) groups is 2. The number of hydrogen-bond acceptors (Lipinski definition) is 6. The maximum atomic E-state index is 13.3. The molecule has 0 aromatic carbocycles. The Hall–Kier alpha value is -0.806. The van der Waals surface area contributed by atoms with Gasteiger partial charge in [-0.3, -0.25) is 9.59 Å². The SMILES string of the molecule is CCCCC(C)(C/C=C/[C@H]1C(O[Si](C)(C)C(C)(C)C)CC(=O)[C@@H]1C(O)CCCCCC(=O)OC)O[Si](C)(C)C. The quantitative estimate of drug-likeness (QED) is 0.0812. The van der Waals surface area contributed by atoms with E-state index in [4.69, 9.17) is 13.6 Å². The fourth-order valence-electron chi connectivity index (χ4n) is 5.35. The van der Waals surface area contributed by atoms with Gasteiger partial charge in [-0.15, -0.1) is 0 Å². The Morgan fingerprint density at radius 3 is 2.26 bits per heavy atom. The summed E-state index contributed by atoms with van der Waals surface area (Å²) >= 11 is 0. The highest BCUT2D eigenvalue weighted by molar-refractivity contribution is 6.74. The molecule has 0 amide bonds. The largest absolute Gasteiger partial charge is 0.469 e. The van der Waals surface area contributed by atoms with Gasteiger partial charge in [0.15, 0.2) is 16.6 Å². The van der Waals surface area contributed by atoms with Crippen molar-refractivity contribution in [1.29, 1.82) is 0 Å². The van der Waals surface area contributed by atoms with Gasteiger partial charge in [-0.25, -0.2) is 0 Å². The number of Topliss-reactive ketones (excluding diaryl/α,β-unsaturated/α-hetero) is 1. The molecule has 6 nitrogen and oxygen atoms in total.